The Morgan fingerprint density at radius 2 is 1.73 bits per heavy atom. The molecule has 0 aliphatic carbocycles. The molecule has 5 nitrogen and oxygen atoms in total. The van der Waals surface area contributed by atoms with E-state index in [9.17, 15) is 4.39 Å². The Balaban J connectivity index is 1.40. The second kappa shape index (κ2) is 12.6. The minimum atomic E-state index is -0.133. The highest BCUT2D eigenvalue weighted by molar-refractivity contribution is 7.98. The van der Waals surface area contributed by atoms with E-state index in [1.165, 1.54) is 17.2 Å². The summed E-state index contributed by atoms with van der Waals surface area (Å²) in [5, 5.41) is 6.75. The fourth-order valence-corrected chi connectivity index (χ4v) is 4.17. The first-order valence-electron chi connectivity index (χ1n) is 10.4. The van der Waals surface area contributed by atoms with Crippen LogP contribution in [0.3, 0.4) is 0 Å². The fourth-order valence-electron chi connectivity index (χ4n) is 3.32. The Labute approximate surface area is 183 Å². The summed E-state index contributed by atoms with van der Waals surface area (Å²) in [5.74, 6) is 2.20. The van der Waals surface area contributed by atoms with Crippen LogP contribution < -0.4 is 10.6 Å². The molecule has 1 heterocycles. The number of nitrogens with zero attached hydrogens (tertiary/aromatic N) is 2. The van der Waals surface area contributed by atoms with Crippen molar-refractivity contribution in [2.75, 3.05) is 45.6 Å². The van der Waals surface area contributed by atoms with Gasteiger partial charge in [-0.05, 0) is 22.8 Å². The summed E-state index contributed by atoms with van der Waals surface area (Å²) in [4.78, 5) is 6.75. The number of nitrogens with one attached hydrogen (secondary N) is 2. The second-order valence-corrected chi connectivity index (χ2v) is 8.26. The molecule has 0 atom stereocenters. The predicted octanol–water partition coefficient (Wildman–Crippen LogP) is 3.26. The van der Waals surface area contributed by atoms with Gasteiger partial charge < -0.3 is 15.4 Å². The number of aliphatic imine (C=N–C) groups is 1. The third-order valence-corrected chi connectivity index (χ3v) is 6.05. The normalized spacial score (nSPS) is 15.2. The number of hydrogen-bond donors (Lipinski definition) is 2. The summed E-state index contributed by atoms with van der Waals surface area (Å²) < 4.78 is 19.1. The topological polar surface area (TPSA) is 48.9 Å². The SMILES string of the molecule is CN=C(NCCSCc1ccccc1F)NCc1ccccc1CN1CCOCC1. The Morgan fingerprint density at radius 3 is 2.47 bits per heavy atom. The highest BCUT2D eigenvalue weighted by atomic mass is 32.2. The number of morpholine rings is 1. The van der Waals surface area contributed by atoms with E-state index in [2.05, 4.69) is 44.8 Å². The quantitative estimate of drug-likeness (QED) is 0.363. The highest BCUT2D eigenvalue weighted by Gasteiger charge is 2.12. The molecule has 2 N–H and O–H groups in total. The lowest BCUT2D eigenvalue weighted by Gasteiger charge is -2.27. The first kappa shape index (κ1) is 22.6. The van der Waals surface area contributed by atoms with E-state index in [0.29, 0.717) is 5.75 Å². The summed E-state index contributed by atoms with van der Waals surface area (Å²) >= 11 is 1.71. The van der Waals surface area contributed by atoms with Gasteiger partial charge in [0.25, 0.3) is 0 Å². The molecule has 0 saturated carbocycles. The molecule has 30 heavy (non-hydrogen) atoms. The fraction of sp³-hybridized carbons (Fsp3) is 0.435. The smallest absolute Gasteiger partial charge is 0.191 e. The zero-order chi connectivity index (χ0) is 21.0. The molecule has 162 valence electrons. The third-order valence-electron chi connectivity index (χ3n) is 5.04. The van der Waals surface area contributed by atoms with Gasteiger partial charge in [-0.2, -0.15) is 11.8 Å². The molecule has 2 aromatic carbocycles. The maximum Gasteiger partial charge on any atom is 0.191 e. The molecule has 1 fully saturated rings. The molecule has 0 amide bonds. The number of hydrogen-bond acceptors (Lipinski definition) is 4. The molecular weight excluding hydrogens is 399 g/mol. The maximum absolute atomic E-state index is 13.7. The van der Waals surface area contributed by atoms with Crippen molar-refractivity contribution >= 4 is 17.7 Å². The van der Waals surface area contributed by atoms with Crippen LogP contribution >= 0.6 is 11.8 Å². The lowest BCUT2D eigenvalue weighted by Crippen LogP contribution is -2.38. The van der Waals surface area contributed by atoms with Crippen molar-refractivity contribution in [3.8, 4) is 0 Å². The zero-order valence-corrected chi connectivity index (χ0v) is 18.4. The average Bonchev–Trinajstić information content (AvgIpc) is 2.78. The van der Waals surface area contributed by atoms with Crippen molar-refractivity contribution in [1.29, 1.82) is 0 Å². The summed E-state index contributed by atoms with van der Waals surface area (Å²) in [5.41, 5.74) is 3.37. The van der Waals surface area contributed by atoms with Crippen LogP contribution in [-0.2, 0) is 23.6 Å². The summed E-state index contributed by atoms with van der Waals surface area (Å²) in [6.45, 7) is 6.03. The molecular formula is C23H31FN4OS. The molecule has 7 heteroatoms. The Morgan fingerprint density at radius 1 is 1.03 bits per heavy atom. The van der Waals surface area contributed by atoms with E-state index >= 15 is 0 Å². The van der Waals surface area contributed by atoms with Gasteiger partial charge in [0.05, 0.1) is 13.2 Å². The first-order valence-corrected chi connectivity index (χ1v) is 11.5. The Hall–Kier alpha value is -2.09. The van der Waals surface area contributed by atoms with Gasteiger partial charge in [0.2, 0.25) is 0 Å². The van der Waals surface area contributed by atoms with Crippen LogP contribution in [0.25, 0.3) is 0 Å². The van der Waals surface area contributed by atoms with Gasteiger partial charge in [0.15, 0.2) is 5.96 Å². The molecule has 0 radical (unpaired) electrons. The lowest BCUT2D eigenvalue weighted by atomic mass is 10.1. The van der Waals surface area contributed by atoms with E-state index in [4.69, 9.17) is 4.74 Å². The number of benzene rings is 2. The number of ether oxygens (including phenoxy) is 1. The molecule has 0 spiro atoms. The first-order chi connectivity index (χ1) is 14.8. The monoisotopic (exact) mass is 430 g/mol. The van der Waals surface area contributed by atoms with Gasteiger partial charge in [-0.15, -0.1) is 0 Å². The highest BCUT2D eigenvalue weighted by Crippen LogP contribution is 2.15. The molecule has 1 aliphatic rings. The van der Waals surface area contributed by atoms with Crippen molar-refractivity contribution < 1.29 is 9.13 Å². The Kier molecular flexibility index (Phi) is 9.47. The minimum Gasteiger partial charge on any atom is -0.379 e. The minimum absolute atomic E-state index is 0.133. The number of rotatable bonds is 9. The van der Waals surface area contributed by atoms with Gasteiger partial charge in [-0.3, -0.25) is 9.89 Å². The number of halogens is 1. The van der Waals surface area contributed by atoms with Crippen LogP contribution in [0.5, 0.6) is 0 Å². The van der Waals surface area contributed by atoms with E-state index in [1.807, 2.05) is 12.1 Å². The summed E-state index contributed by atoms with van der Waals surface area (Å²) in [6.07, 6.45) is 0. The van der Waals surface area contributed by atoms with Gasteiger partial charge >= 0.3 is 0 Å². The van der Waals surface area contributed by atoms with E-state index in [0.717, 1.165) is 63.2 Å². The summed E-state index contributed by atoms with van der Waals surface area (Å²) in [6, 6.07) is 15.5. The van der Waals surface area contributed by atoms with Gasteiger partial charge in [-0.25, -0.2) is 4.39 Å². The zero-order valence-electron chi connectivity index (χ0n) is 17.6. The maximum atomic E-state index is 13.7. The van der Waals surface area contributed by atoms with Crippen LogP contribution in [0.4, 0.5) is 4.39 Å². The van der Waals surface area contributed by atoms with Crippen LogP contribution in [0.2, 0.25) is 0 Å². The van der Waals surface area contributed by atoms with Crippen molar-refractivity contribution in [3.05, 3.63) is 71.0 Å². The molecule has 0 aromatic heterocycles. The van der Waals surface area contributed by atoms with Crippen LogP contribution in [0.15, 0.2) is 53.5 Å². The van der Waals surface area contributed by atoms with Crippen molar-refractivity contribution in [2.45, 2.75) is 18.8 Å². The van der Waals surface area contributed by atoms with E-state index < -0.39 is 0 Å². The standard InChI is InChI=1S/C23H31FN4OS/c1-25-23(26-10-15-30-18-21-8-4-5-9-22(21)24)27-16-19-6-2-3-7-20(19)17-28-11-13-29-14-12-28/h2-9H,10-18H2,1H3,(H2,25,26,27). The number of thioether (sulfide) groups is 1. The van der Waals surface area contributed by atoms with Gasteiger partial charge in [0, 0.05) is 51.3 Å². The van der Waals surface area contributed by atoms with Gasteiger partial charge in [-0.1, -0.05) is 42.5 Å². The third kappa shape index (κ3) is 7.31. The van der Waals surface area contributed by atoms with E-state index in [-0.39, 0.29) is 5.82 Å². The van der Waals surface area contributed by atoms with Gasteiger partial charge in [0.1, 0.15) is 5.82 Å². The summed E-state index contributed by atoms with van der Waals surface area (Å²) in [7, 11) is 1.78. The predicted molar refractivity (Wildman–Crippen MR) is 123 cm³/mol. The molecule has 0 unspecified atom stereocenters. The van der Waals surface area contributed by atoms with Crippen molar-refractivity contribution in [1.82, 2.24) is 15.5 Å². The molecule has 2 aromatic rings. The molecule has 0 bridgehead atoms. The molecule has 1 aliphatic heterocycles. The van der Waals surface area contributed by atoms with E-state index in [1.54, 1.807) is 24.9 Å². The lowest BCUT2D eigenvalue weighted by molar-refractivity contribution is 0.0341. The second-order valence-electron chi connectivity index (χ2n) is 7.15. The van der Waals surface area contributed by atoms with Crippen LogP contribution in [-0.4, -0.2) is 56.5 Å². The van der Waals surface area contributed by atoms with Crippen LogP contribution in [0.1, 0.15) is 16.7 Å². The van der Waals surface area contributed by atoms with Crippen LogP contribution in [0, 0.1) is 5.82 Å². The Bertz CT molecular complexity index is 811. The molecule has 3 rings (SSSR count). The average molecular weight is 431 g/mol. The molecule has 1 saturated heterocycles. The largest absolute Gasteiger partial charge is 0.379 e. The van der Waals surface area contributed by atoms with Crippen molar-refractivity contribution in [2.24, 2.45) is 4.99 Å². The van der Waals surface area contributed by atoms with Crippen molar-refractivity contribution in [3.63, 3.8) is 0 Å². The number of guanidine groups is 1.